The lowest BCUT2D eigenvalue weighted by Crippen LogP contribution is -2.53. The lowest BCUT2D eigenvalue weighted by molar-refractivity contribution is -0.143. The summed E-state index contributed by atoms with van der Waals surface area (Å²) in [5.41, 5.74) is 2.48. The Balaban J connectivity index is 1.45. The number of nitrogens with zero attached hydrogens (tertiary/aromatic N) is 2. The number of esters is 1. The number of carbonyl (C=O) groups is 2. The summed E-state index contributed by atoms with van der Waals surface area (Å²) in [6.07, 6.45) is 4.38. The number of hydrogen-bond donors (Lipinski definition) is 1. The molecule has 40 heavy (non-hydrogen) atoms. The molecule has 1 aliphatic rings. The summed E-state index contributed by atoms with van der Waals surface area (Å²) in [5, 5.41) is 2.99. The highest BCUT2D eigenvalue weighted by Crippen LogP contribution is 2.41. The number of carbonyl (C=O) groups excluding carboxylic acids is 2. The molecule has 1 N–H and O–H groups in total. The lowest BCUT2D eigenvalue weighted by atomic mass is 9.76. The Hall–Kier alpha value is -4.97. The van der Waals surface area contributed by atoms with Gasteiger partial charge in [0.25, 0.3) is 5.91 Å². The number of ether oxygens (including phenoxy) is 1. The van der Waals surface area contributed by atoms with E-state index in [0.717, 1.165) is 16.7 Å². The average Bonchev–Trinajstić information content (AvgIpc) is 3.62. The quantitative estimate of drug-likeness (QED) is 0.217. The number of rotatable bonds is 8. The Morgan fingerprint density at radius 1 is 0.800 bits per heavy atom. The molecule has 2 heterocycles. The van der Waals surface area contributed by atoms with Gasteiger partial charge in [-0.15, -0.1) is 0 Å². The largest absolute Gasteiger partial charge is 0.464 e. The van der Waals surface area contributed by atoms with Crippen LogP contribution in [0.25, 0.3) is 0 Å². The summed E-state index contributed by atoms with van der Waals surface area (Å²) in [5.74, 6) is -0.752. The summed E-state index contributed by atoms with van der Waals surface area (Å²) in [4.78, 5) is 31.0. The predicted molar refractivity (Wildman–Crippen MR) is 153 cm³/mol. The van der Waals surface area contributed by atoms with Crippen LogP contribution in [0.1, 0.15) is 39.2 Å². The van der Waals surface area contributed by atoms with E-state index in [4.69, 9.17) is 9.72 Å². The number of aromatic nitrogens is 2. The number of imidazole rings is 1. The van der Waals surface area contributed by atoms with Crippen molar-refractivity contribution >= 4 is 11.9 Å². The van der Waals surface area contributed by atoms with E-state index in [1.807, 2.05) is 73.2 Å². The SMILES string of the molecule is O=C(N[C@@]1(Cc2cn(C(c3ccccc3)(c3ccccc3)c3ccccc3)cn2)CCOC1=O)c1ccccc1. The predicted octanol–water partition coefficient (Wildman–Crippen LogP) is 5.38. The fourth-order valence-corrected chi connectivity index (χ4v) is 5.69. The van der Waals surface area contributed by atoms with Gasteiger partial charge in [0.15, 0.2) is 0 Å². The molecule has 1 aromatic heterocycles. The summed E-state index contributed by atoms with van der Waals surface area (Å²) in [6, 6.07) is 39.9. The number of amides is 1. The van der Waals surface area contributed by atoms with Gasteiger partial charge in [-0.05, 0) is 28.8 Å². The first-order valence-corrected chi connectivity index (χ1v) is 13.4. The van der Waals surface area contributed by atoms with Gasteiger partial charge in [-0.3, -0.25) is 4.79 Å². The zero-order valence-corrected chi connectivity index (χ0v) is 21.9. The van der Waals surface area contributed by atoms with Crippen LogP contribution >= 0.6 is 0 Å². The third-order valence-corrected chi connectivity index (χ3v) is 7.62. The Kier molecular flexibility index (Phi) is 6.74. The maximum absolute atomic E-state index is 13.1. The van der Waals surface area contributed by atoms with Crippen molar-refractivity contribution in [3.8, 4) is 0 Å². The van der Waals surface area contributed by atoms with E-state index in [1.54, 1.807) is 24.3 Å². The fourth-order valence-electron chi connectivity index (χ4n) is 5.69. The Morgan fingerprint density at radius 3 is 1.77 bits per heavy atom. The first kappa shape index (κ1) is 25.3. The summed E-state index contributed by atoms with van der Waals surface area (Å²) in [7, 11) is 0. The zero-order chi connectivity index (χ0) is 27.4. The standard InChI is InChI=1S/C34H29N3O3/c38-31(26-13-5-1-6-14-26)36-33(21-22-40-32(33)39)23-30-24-37(25-35-30)34(27-15-7-2-8-16-27,28-17-9-3-10-18-28)29-19-11-4-12-20-29/h1-20,24-25H,21-23H2,(H,36,38)/t33-/m1/s1. The molecular formula is C34H29N3O3. The van der Waals surface area contributed by atoms with E-state index in [1.165, 1.54) is 0 Å². The molecule has 6 heteroatoms. The highest BCUT2D eigenvalue weighted by molar-refractivity contribution is 5.98. The Labute approximate surface area is 233 Å². The maximum Gasteiger partial charge on any atom is 0.332 e. The second kappa shape index (κ2) is 10.7. The Morgan fingerprint density at radius 2 is 1.30 bits per heavy atom. The van der Waals surface area contributed by atoms with Crippen LogP contribution in [0.5, 0.6) is 0 Å². The second-order valence-corrected chi connectivity index (χ2v) is 10.0. The molecule has 0 unspecified atom stereocenters. The topological polar surface area (TPSA) is 73.2 Å². The number of cyclic esters (lactones) is 1. The number of nitrogens with one attached hydrogen (secondary N) is 1. The molecule has 1 saturated heterocycles. The second-order valence-electron chi connectivity index (χ2n) is 10.0. The van der Waals surface area contributed by atoms with Crippen molar-refractivity contribution in [2.45, 2.75) is 23.9 Å². The minimum atomic E-state index is -1.19. The van der Waals surface area contributed by atoms with E-state index in [0.29, 0.717) is 17.7 Å². The van der Waals surface area contributed by atoms with Crippen LogP contribution in [-0.2, 0) is 21.5 Å². The van der Waals surface area contributed by atoms with Crippen molar-refractivity contribution in [1.82, 2.24) is 14.9 Å². The Bertz CT molecular complexity index is 1510. The van der Waals surface area contributed by atoms with Gasteiger partial charge >= 0.3 is 5.97 Å². The smallest absolute Gasteiger partial charge is 0.332 e. The number of hydrogen-bond acceptors (Lipinski definition) is 4. The van der Waals surface area contributed by atoms with E-state index in [2.05, 4.69) is 46.3 Å². The molecule has 1 amide bonds. The summed E-state index contributed by atoms with van der Waals surface area (Å²) in [6.45, 7) is 0.247. The molecule has 1 atom stereocenters. The highest BCUT2D eigenvalue weighted by Gasteiger charge is 2.47. The van der Waals surface area contributed by atoms with Gasteiger partial charge in [0.05, 0.1) is 18.6 Å². The normalized spacial score (nSPS) is 16.9. The van der Waals surface area contributed by atoms with Gasteiger partial charge in [-0.1, -0.05) is 109 Å². The summed E-state index contributed by atoms with van der Waals surface area (Å²) >= 11 is 0. The van der Waals surface area contributed by atoms with Crippen molar-refractivity contribution in [2.75, 3.05) is 6.61 Å². The van der Waals surface area contributed by atoms with Crippen LogP contribution in [0.15, 0.2) is 134 Å². The van der Waals surface area contributed by atoms with Crippen LogP contribution in [-0.4, -0.2) is 33.6 Å². The van der Waals surface area contributed by atoms with E-state index >= 15 is 0 Å². The van der Waals surface area contributed by atoms with Crippen molar-refractivity contribution < 1.29 is 14.3 Å². The molecule has 0 spiro atoms. The first-order chi connectivity index (χ1) is 19.6. The van der Waals surface area contributed by atoms with Crippen LogP contribution in [0.2, 0.25) is 0 Å². The van der Waals surface area contributed by atoms with Gasteiger partial charge in [0.1, 0.15) is 11.1 Å². The van der Waals surface area contributed by atoms with E-state index in [9.17, 15) is 9.59 Å². The molecule has 4 aromatic carbocycles. The fraction of sp³-hybridized carbons (Fsp3) is 0.147. The molecule has 198 valence electrons. The molecule has 6 nitrogen and oxygen atoms in total. The molecule has 0 saturated carbocycles. The van der Waals surface area contributed by atoms with Gasteiger partial charge in [-0.25, -0.2) is 9.78 Å². The summed E-state index contributed by atoms with van der Waals surface area (Å²) < 4.78 is 7.48. The average molecular weight is 528 g/mol. The van der Waals surface area contributed by atoms with Gasteiger partial charge < -0.3 is 14.6 Å². The van der Waals surface area contributed by atoms with Crippen molar-refractivity contribution in [2.24, 2.45) is 0 Å². The third kappa shape index (κ3) is 4.47. The molecule has 1 fully saturated rings. The third-order valence-electron chi connectivity index (χ3n) is 7.62. The first-order valence-electron chi connectivity index (χ1n) is 13.4. The van der Waals surface area contributed by atoms with E-state index < -0.39 is 17.0 Å². The van der Waals surface area contributed by atoms with Crippen LogP contribution in [0, 0.1) is 0 Å². The minimum Gasteiger partial charge on any atom is -0.464 e. The minimum absolute atomic E-state index is 0.214. The lowest BCUT2D eigenvalue weighted by Gasteiger charge is -2.37. The van der Waals surface area contributed by atoms with Gasteiger partial charge in [-0.2, -0.15) is 0 Å². The molecule has 6 rings (SSSR count). The van der Waals surface area contributed by atoms with Crippen LogP contribution < -0.4 is 5.32 Å². The molecule has 0 aliphatic carbocycles. The molecule has 1 aliphatic heterocycles. The van der Waals surface area contributed by atoms with Crippen LogP contribution in [0.4, 0.5) is 0 Å². The van der Waals surface area contributed by atoms with Crippen molar-refractivity contribution in [3.05, 3.63) is 162 Å². The highest BCUT2D eigenvalue weighted by atomic mass is 16.5. The molecule has 5 aromatic rings. The monoisotopic (exact) mass is 527 g/mol. The van der Waals surface area contributed by atoms with Crippen LogP contribution in [0.3, 0.4) is 0 Å². The van der Waals surface area contributed by atoms with Crippen molar-refractivity contribution in [1.29, 1.82) is 0 Å². The number of benzene rings is 4. The van der Waals surface area contributed by atoms with Gasteiger partial charge in [0.2, 0.25) is 0 Å². The van der Waals surface area contributed by atoms with Crippen molar-refractivity contribution in [3.63, 3.8) is 0 Å². The zero-order valence-electron chi connectivity index (χ0n) is 21.9. The molecule has 0 radical (unpaired) electrons. The maximum atomic E-state index is 13.1. The molecule has 0 bridgehead atoms. The van der Waals surface area contributed by atoms with E-state index in [-0.39, 0.29) is 18.9 Å². The van der Waals surface area contributed by atoms with Gasteiger partial charge in [0, 0.05) is 24.6 Å². The molecular weight excluding hydrogens is 498 g/mol.